The van der Waals surface area contributed by atoms with Crippen molar-refractivity contribution < 1.29 is 13.5 Å². The van der Waals surface area contributed by atoms with E-state index in [-0.39, 0.29) is 5.75 Å². The quantitative estimate of drug-likeness (QED) is 0.450. The average Bonchev–Trinajstić information content (AvgIpc) is 3.23. The molecule has 0 aliphatic heterocycles. The number of aromatic nitrogens is 2. The number of guanidine groups is 1. The summed E-state index contributed by atoms with van der Waals surface area (Å²) in [5.41, 5.74) is 2.89. The number of nitrogens with zero attached hydrogens (tertiary/aromatic N) is 3. The molecule has 2 aromatic carbocycles. The summed E-state index contributed by atoms with van der Waals surface area (Å²) in [6.07, 6.45) is 3.67. The van der Waals surface area contributed by atoms with Crippen LogP contribution in [0.2, 0.25) is 0 Å². The highest BCUT2D eigenvalue weighted by Crippen LogP contribution is 2.20. The van der Waals surface area contributed by atoms with E-state index in [0.29, 0.717) is 31.2 Å². The van der Waals surface area contributed by atoms with Gasteiger partial charge in [-0.15, -0.1) is 0 Å². The number of rotatable bonds is 8. The first-order chi connectivity index (χ1) is 14.2. The Morgan fingerprint density at radius 2 is 1.66 bits per heavy atom. The Morgan fingerprint density at radius 1 is 1.00 bits per heavy atom. The Bertz CT molecular complexity index is 928. The topological polar surface area (TPSA) is 63.5 Å². The largest absolute Gasteiger partial charge is 0.434 e. The minimum atomic E-state index is -2.86. The van der Waals surface area contributed by atoms with Gasteiger partial charge in [-0.2, -0.15) is 13.9 Å². The number of hydrogen-bond donors (Lipinski definition) is 2. The van der Waals surface area contributed by atoms with Gasteiger partial charge in [0.25, 0.3) is 0 Å². The maximum atomic E-state index is 12.6. The van der Waals surface area contributed by atoms with Gasteiger partial charge >= 0.3 is 6.61 Å². The predicted octanol–water partition coefficient (Wildman–Crippen LogP) is 3.40. The average molecular weight is 399 g/mol. The maximum Gasteiger partial charge on any atom is 0.387 e. The van der Waals surface area contributed by atoms with Gasteiger partial charge in [0.2, 0.25) is 0 Å². The summed E-state index contributed by atoms with van der Waals surface area (Å²) in [7, 11) is 1.66. The van der Waals surface area contributed by atoms with Crippen LogP contribution in [-0.4, -0.2) is 29.4 Å². The van der Waals surface area contributed by atoms with Gasteiger partial charge < -0.3 is 15.4 Å². The van der Waals surface area contributed by atoms with Gasteiger partial charge in [0.1, 0.15) is 5.75 Å². The van der Waals surface area contributed by atoms with Crippen molar-refractivity contribution in [3.05, 3.63) is 83.7 Å². The third-order valence-electron chi connectivity index (χ3n) is 4.31. The SMILES string of the molecule is CN=C(NCc1ccccc1Cn1cccn1)NCc1ccccc1OC(F)F. The number of aliphatic imine (C=N–C) groups is 1. The first kappa shape index (κ1) is 20.3. The smallest absolute Gasteiger partial charge is 0.387 e. The molecule has 152 valence electrons. The number of nitrogens with one attached hydrogen (secondary N) is 2. The lowest BCUT2D eigenvalue weighted by molar-refractivity contribution is -0.0504. The molecular formula is C21H23F2N5O. The van der Waals surface area contributed by atoms with E-state index in [1.165, 1.54) is 6.07 Å². The molecule has 6 nitrogen and oxygen atoms in total. The van der Waals surface area contributed by atoms with Crippen molar-refractivity contribution in [2.45, 2.75) is 26.2 Å². The zero-order valence-corrected chi connectivity index (χ0v) is 16.1. The second-order valence-corrected chi connectivity index (χ2v) is 6.24. The van der Waals surface area contributed by atoms with Crippen LogP contribution in [0.3, 0.4) is 0 Å². The molecule has 3 aromatic rings. The Balaban J connectivity index is 1.60. The van der Waals surface area contributed by atoms with E-state index in [9.17, 15) is 8.78 Å². The van der Waals surface area contributed by atoms with Crippen LogP contribution in [0.25, 0.3) is 0 Å². The van der Waals surface area contributed by atoms with Crippen molar-refractivity contribution in [3.8, 4) is 5.75 Å². The van der Waals surface area contributed by atoms with Crippen molar-refractivity contribution in [1.29, 1.82) is 0 Å². The summed E-state index contributed by atoms with van der Waals surface area (Å²) < 4.78 is 31.6. The Morgan fingerprint density at radius 3 is 2.31 bits per heavy atom. The Labute approximate surface area is 168 Å². The number of ether oxygens (including phenoxy) is 1. The lowest BCUT2D eigenvalue weighted by Crippen LogP contribution is -2.36. The molecule has 0 atom stereocenters. The molecule has 0 aliphatic rings. The Kier molecular flexibility index (Phi) is 7.16. The molecule has 0 fully saturated rings. The van der Waals surface area contributed by atoms with Gasteiger partial charge in [-0.05, 0) is 23.3 Å². The molecule has 0 unspecified atom stereocenters. The van der Waals surface area contributed by atoms with Crippen LogP contribution in [0.5, 0.6) is 5.75 Å². The van der Waals surface area contributed by atoms with Crippen LogP contribution in [-0.2, 0) is 19.6 Å². The number of alkyl halides is 2. The number of para-hydroxylation sites is 1. The summed E-state index contributed by atoms with van der Waals surface area (Å²) in [4.78, 5) is 4.20. The summed E-state index contributed by atoms with van der Waals surface area (Å²) in [5, 5.41) is 10.6. The molecule has 0 aliphatic carbocycles. The lowest BCUT2D eigenvalue weighted by Gasteiger charge is -2.16. The van der Waals surface area contributed by atoms with Crippen molar-refractivity contribution >= 4 is 5.96 Å². The fourth-order valence-electron chi connectivity index (χ4n) is 2.89. The molecule has 1 aromatic heterocycles. The van der Waals surface area contributed by atoms with Crippen LogP contribution in [0, 0.1) is 0 Å². The van der Waals surface area contributed by atoms with Crippen molar-refractivity contribution in [2.24, 2.45) is 4.99 Å². The third-order valence-corrected chi connectivity index (χ3v) is 4.31. The molecule has 2 N–H and O–H groups in total. The first-order valence-corrected chi connectivity index (χ1v) is 9.17. The zero-order chi connectivity index (χ0) is 20.5. The second-order valence-electron chi connectivity index (χ2n) is 6.24. The van der Waals surface area contributed by atoms with E-state index in [1.807, 2.05) is 35.1 Å². The van der Waals surface area contributed by atoms with E-state index >= 15 is 0 Å². The molecule has 0 bridgehead atoms. The van der Waals surface area contributed by atoms with Gasteiger partial charge in [0.15, 0.2) is 5.96 Å². The Hall–Kier alpha value is -3.42. The number of benzene rings is 2. The van der Waals surface area contributed by atoms with Gasteiger partial charge in [0, 0.05) is 38.1 Å². The first-order valence-electron chi connectivity index (χ1n) is 9.17. The van der Waals surface area contributed by atoms with Crippen LogP contribution in [0.15, 0.2) is 72.0 Å². The monoisotopic (exact) mass is 399 g/mol. The normalized spacial score (nSPS) is 11.5. The van der Waals surface area contributed by atoms with Gasteiger partial charge in [-0.1, -0.05) is 42.5 Å². The molecule has 0 spiro atoms. The minimum Gasteiger partial charge on any atom is -0.434 e. The summed E-state index contributed by atoms with van der Waals surface area (Å²) >= 11 is 0. The molecule has 0 saturated heterocycles. The third kappa shape index (κ3) is 6.03. The van der Waals surface area contributed by atoms with E-state index in [4.69, 9.17) is 0 Å². The highest BCUT2D eigenvalue weighted by atomic mass is 19.3. The van der Waals surface area contributed by atoms with Crippen molar-refractivity contribution in [1.82, 2.24) is 20.4 Å². The second kappa shape index (κ2) is 10.2. The highest BCUT2D eigenvalue weighted by molar-refractivity contribution is 5.79. The summed E-state index contributed by atoms with van der Waals surface area (Å²) in [6.45, 7) is -1.32. The molecule has 0 amide bonds. The van der Waals surface area contributed by atoms with E-state index in [2.05, 4.69) is 31.5 Å². The molecule has 29 heavy (non-hydrogen) atoms. The number of hydrogen-bond acceptors (Lipinski definition) is 3. The van der Waals surface area contributed by atoms with Crippen LogP contribution in [0.1, 0.15) is 16.7 Å². The van der Waals surface area contributed by atoms with Gasteiger partial charge in [0.05, 0.1) is 6.54 Å². The summed E-state index contributed by atoms with van der Waals surface area (Å²) in [5.74, 6) is 0.709. The van der Waals surface area contributed by atoms with E-state index < -0.39 is 6.61 Å². The maximum absolute atomic E-state index is 12.6. The number of halogens is 2. The molecule has 1 heterocycles. The standard InChI is InChI=1S/C21H23F2N5O/c1-24-21(26-14-17-8-4-5-10-19(17)29-20(22)23)25-13-16-7-2-3-9-18(16)15-28-12-6-11-27-28/h2-12,20H,13-15H2,1H3,(H2,24,25,26). The lowest BCUT2D eigenvalue weighted by atomic mass is 10.1. The molecule has 8 heteroatoms. The van der Waals surface area contributed by atoms with E-state index in [1.54, 1.807) is 31.4 Å². The van der Waals surface area contributed by atoms with Gasteiger partial charge in [-0.3, -0.25) is 9.67 Å². The van der Waals surface area contributed by atoms with Crippen LogP contribution < -0.4 is 15.4 Å². The minimum absolute atomic E-state index is 0.148. The molecule has 0 radical (unpaired) electrons. The van der Waals surface area contributed by atoms with Crippen molar-refractivity contribution in [2.75, 3.05) is 7.05 Å². The fourth-order valence-corrected chi connectivity index (χ4v) is 2.89. The van der Waals surface area contributed by atoms with Crippen molar-refractivity contribution in [3.63, 3.8) is 0 Å². The highest BCUT2D eigenvalue weighted by Gasteiger charge is 2.10. The van der Waals surface area contributed by atoms with E-state index in [0.717, 1.165) is 11.1 Å². The predicted molar refractivity (Wildman–Crippen MR) is 108 cm³/mol. The van der Waals surface area contributed by atoms with Crippen LogP contribution in [0.4, 0.5) is 8.78 Å². The van der Waals surface area contributed by atoms with Crippen LogP contribution >= 0.6 is 0 Å². The molecular weight excluding hydrogens is 376 g/mol. The summed E-state index contributed by atoms with van der Waals surface area (Å²) in [6, 6.07) is 16.7. The zero-order valence-electron chi connectivity index (χ0n) is 16.1. The van der Waals surface area contributed by atoms with Gasteiger partial charge in [-0.25, -0.2) is 0 Å². The molecule has 3 rings (SSSR count). The molecule has 0 saturated carbocycles. The fraction of sp³-hybridized carbons (Fsp3) is 0.238.